The zero-order valence-corrected chi connectivity index (χ0v) is 12.7. The molecule has 106 valence electrons. The number of likely N-dealkylation sites (N-methyl/N-ethyl adjacent to an activating group) is 1. The molecule has 0 radical (unpaired) electrons. The van der Waals surface area contributed by atoms with Gasteiger partial charge in [-0.25, -0.2) is 4.79 Å². The molecule has 0 aliphatic heterocycles. The minimum absolute atomic E-state index is 0.145. The molecular formula is C13H26N2O3. The van der Waals surface area contributed by atoms with Crippen molar-refractivity contribution in [3.63, 3.8) is 0 Å². The Hall–Kier alpha value is -1.26. The molecule has 0 aliphatic carbocycles. The molecular weight excluding hydrogens is 232 g/mol. The van der Waals surface area contributed by atoms with Crippen LogP contribution in [0.25, 0.3) is 0 Å². The van der Waals surface area contributed by atoms with Gasteiger partial charge in [0.1, 0.15) is 11.6 Å². The molecule has 0 rings (SSSR count). The summed E-state index contributed by atoms with van der Waals surface area (Å²) in [5.41, 5.74) is -0.952. The molecule has 0 aliphatic rings. The van der Waals surface area contributed by atoms with Crippen LogP contribution in [0.15, 0.2) is 0 Å². The summed E-state index contributed by atoms with van der Waals surface area (Å²) in [5.74, 6) is -0.145. The average Bonchev–Trinajstić information content (AvgIpc) is 2.08. The van der Waals surface area contributed by atoms with Crippen LogP contribution >= 0.6 is 0 Å². The quantitative estimate of drug-likeness (QED) is 0.824. The van der Waals surface area contributed by atoms with Gasteiger partial charge in [0.2, 0.25) is 5.91 Å². The summed E-state index contributed by atoms with van der Waals surface area (Å²) in [4.78, 5) is 25.3. The van der Waals surface area contributed by atoms with E-state index in [2.05, 4.69) is 5.32 Å². The monoisotopic (exact) mass is 258 g/mol. The molecule has 0 bridgehead atoms. The lowest BCUT2D eigenvalue weighted by molar-refractivity contribution is -0.133. The molecule has 5 heteroatoms. The van der Waals surface area contributed by atoms with Crippen LogP contribution in [0.1, 0.15) is 41.5 Å². The summed E-state index contributed by atoms with van der Waals surface area (Å²) in [6, 6.07) is -0.609. The molecule has 1 atom stereocenters. The minimum Gasteiger partial charge on any atom is -0.444 e. The predicted octanol–water partition coefficient (Wildman–Crippen LogP) is 2.01. The fourth-order valence-corrected chi connectivity index (χ4v) is 1.33. The maximum atomic E-state index is 12.0. The number of carbonyl (C=O) groups excluding carboxylic acids is 2. The second kappa shape index (κ2) is 5.59. The topological polar surface area (TPSA) is 58.6 Å². The van der Waals surface area contributed by atoms with Gasteiger partial charge in [-0.15, -0.1) is 0 Å². The highest BCUT2D eigenvalue weighted by Crippen LogP contribution is 2.21. The summed E-state index contributed by atoms with van der Waals surface area (Å²) in [6.07, 6.45) is -0.572. The number of amides is 2. The Labute approximate surface area is 110 Å². The van der Waals surface area contributed by atoms with Crippen molar-refractivity contribution in [2.45, 2.75) is 53.2 Å². The molecule has 0 aromatic rings. The number of nitrogens with one attached hydrogen (secondary N) is 1. The SMILES string of the molecule is CN(C)C(=O)C(NC(=O)OC(C)(C)C)C(C)(C)C. The van der Waals surface area contributed by atoms with E-state index in [1.165, 1.54) is 4.90 Å². The predicted molar refractivity (Wildman–Crippen MR) is 71.3 cm³/mol. The summed E-state index contributed by atoms with van der Waals surface area (Å²) >= 11 is 0. The van der Waals surface area contributed by atoms with Crippen molar-refractivity contribution < 1.29 is 14.3 Å². The van der Waals surface area contributed by atoms with E-state index in [1.54, 1.807) is 34.9 Å². The number of carbonyl (C=O) groups is 2. The molecule has 0 aromatic carbocycles. The van der Waals surface area contributed by atoms with Crippen LogP contribution in [0.5, 0.6) is 0 Å². The van der Waals surface area contributed by atoms with Gasteiger partial charge in [-0.05, 0) is 26.2 Å². The Morgan fingerprint density at radius 2 is 1.50 bits per heavy atom. The highest BCUT2D eigenvalue weighted by Gasteiger charge is 2.34. The molecule has 0 aromatic heterocycles. The molecule has 1 unspecified atom stereocenters. The Bertz CT molecular complexity index is 311. The number of ether oxygens (including phenoxy) is 1. The molecule has 1 N–H and O–H groups in total. The van der Waals surface area contributed by atoms with Crippen LogP contribution in [0, 0.1) is 5.41 Å². The van der Waals surface area contributed by atoms with Gasteiger partial charge in [-0.2, -0.15) is 0 Å². The summed E-state index contributed by atoms with van der Waals surface area (Å²) < 4.78 is 5.17. The van der Waals surface area contributed by atoms with Gasteiger partial charge in [-0.1, -0.05) is 20.8 Å². The number of rotatable bonds is 2. The number of alkyl carbamates (subject to hydrolysis) is 1. The Balaban J connectivity index is 4.83. The van der Waals surface area contributed by atoms with E-state index in [4.69, 9.17) is 4.74 Å². The van der Waals surface area contributed by atoms with E-state index >= 15 is 0 Å². The smallest absolute Gasteiger partial charge is 0.408 e. The highest BCUT2D eigenvalue weighted by molar-refractivity contribution is 5.86. The fourth-order valence-electron chi connectivity index (χ4n) is 1.33. The lowest BCUT2D eigenvalue weighted by Crippen LogP contribution is -2.54. The van der Waals surface area contributed by atoms with Gasteiger partial charge in [0.15, 0.2) is 0 Å². The first-order valence-electron chi connectivity index (χ1n) is 6.05. The van der Waals surface area contributed by atoms with E-state index < -0.39 is 17.7 Å². The zero-order chi connectivity index (χ0) is 14.7. The number of hydrogen-bond acceptors (Lipinski definition) is 3. The summed E-state index contributed by atoms with van der Waals surface area (Å²) in [6.45, 7) is 11.1. The zero-order valence-electron chi connectivity index (χ0n) is 12.7. The lowest BCUT2D eigenvalue weighted by Gasteiger charge is -2.33. The van der Waals surface area contributed by atoms with Crippen LogP contribution < -0.4 is 5.32 Å². The molecule has 0 fully saturated rings. The molecule has 0 spiro atoms. The van der Waals surface area contributed by atoms with Gasteiger partial charge in [0.25, 0.3) is 0 Å². The van der Waals surface area contributed by atoms with E-state index in [0.29, 0.717) is 0 Å². The van der Waals surface area contributed by atoms with E-state index in [0.717, 1.165) is 0 Å². The normalized spacial score (nSPS) is 13.8. The third kappa shape index (κ3) is 5.89. The Morgan fingerprint density at radius 1 is 1.06 bits per heavy atom. The molecule has 5 nitrogen and oxygen atoms in total. The number of hydrogen-bond donors (Lipinski definition) is 1. The molecule has 2 amide bonds. The fraction of sp³-hybridized carbons (Fsp3) is 0.846. The molecule has 0 saturated heterocycles. The average molecular weight is 258 g/mol. The standard InChI is InChI=1S/C13H26N2O3/c1-12(2,3)9(10(16)15(7)8)14-11(17)18-13(4,5)6/h9H,1-8H3,(H,14,17). The van der Waals surface area contributed by atoms with E-state index in [9.17, 15) is 9.59 Å². The maximum absolute atomic E-state index is 12.0. The van der Waals surface area contributed by atoms with Gasteiger partial charge in [0.05, 0.1) is 0 Å². The van der Waals surface area contributed by atoms with Crippen molar-refractivity contribution in [3.8, 4) is 0 Å². The van der Waals surface area contributed by atoms with E-state index in [-0.39, 0.29) is 11.3 Å². The van der Waals surface area contributed by atoms with Crippen LogP contribution in [0.2, 0.25) is 0 Å². The van der Waals surface area contributed by atoms with Crippen molar-refractivity contribution in [2.75, 3.05) is 14.1 Å². The van der Waals surface area contributed by atoms with Gasteiger partial charge in [0, 0.05) is 14.1 Å². The van der Waals surface area contributed by atoms with Gasteiger partial charge in [-0.3, -0.25) is 4.79 Å². The van der Waals surface area contributed by atoms with Crippen molar-refractivity contribution in [1.82, 2.24) is 10.2 Å². The van der Waals surface area contributed by atoms with Crippen molar-refractivity contribution in [1.29, 1.82) is 0 Å². The van der Waals surface area contributed by atoms with Crippen molar-refractivity contribution in [3.05, 3.63) is 0 Å². The lowest BCUT2D eigenvalue weighted by atomic mass is 9.86. The highest BCUT2D eigenvalue weighted by atomic mass is 16.6. The van der Waals surface area contributed by atoms with Crippen LogP contribution in [0.4, 0.5) is 4.79 Å². The third-order valence-electron chi connectivity index (χ3n) is 2.21. The first-order chi connectivity index (χ1) is 7.84. The van der Waals surface area contributed by atoms with Crippen LogP contribution in [0.3, 0.4) is 0 Å². The minimum atomic E-state index is -0.609. The second-order valence-electron chi connectivity index (χ2n) is 6.68. The van der Waals surface area contributed by atoms with Crippen LogP contribution in [-0.2, 0) is 9.53 Å². The Morgan fingerprint density at radius 3 is 1.78 bits per heavy atom. The van der Waals surface area contributed by atoms with Crippen molar-refractivity contribution in [2.24, 2.45) is 5.41 Å². The summed E-state index contributed by atoms with van der Waals surface area (Å²) in [7, 11) is 3.33. The third-order valence-corrected chi connectivity index (χ3v) is 2.21. The first kappa shape index (κ1) is 16.7. The van der Waals surface area contributed by atoms with Gasteiger partial charge >= 0.3 is 6.09 Å². The molecule has 18 heavy (non-hydrogen) atoms. The molecule has 0 heterocycles. The van der Waals surface area contributed by atoms with E-state index in [1.807, 2.05) is 20.8 Å². The van der Waals surface area contributed by atoms with Crippen molar-refractivity contribution >= 4 is 12.0 Å². The maximum Gasteiger partial charge on any atom is 0.408 e. The number of nitrogens with zero attached hydrogens (tertiary/aromatic N) is 1. The first-order valence-corrected chi connectivity index (χ1v) is 6.05. The largest absolute Gasteiger partial charge is 0.444 e. The Kier molecular flexibility index (Phi) is 5.20. The summed E-state index contributed by atoms with van der Waals surface area (Å²) in [5, 5.41) is 2.64. The van der Waals surface area contributed by atoms with Gasteiger partial charge < -0.3 is 15.0 Å². The second-order valence-corrected chi connectivity index (χ2v) is 6.68. The molecule has 0 saturated carbocycles. The van der Waals surface area contributed by atoms with Crippen LogP contribution in [-0.4, -0.2) is 42.6 Å².